The average Bonchev–Trinajstić information content (AvgIpc) is 3.15. The lowest BCUT2D eigenvalue weighted by Crippen LogP contribution is -2.31. The van der Waals surface area contributed by atoms with E-state index < -0.39 is 0 Å². The van der Waals surface area contributed by atoms with Gasteiger partial charge >= 0.3 is 0 Å². The highest BCUT2D eigenvalue weighted by Gasteiger charge is 2.13. The Labute approximate surface area is 155 Å². The fraction of sp³-hybridized carbons (Fsp3) is 0.286. The lowest BCUT2D eigenvalue weighted by atomic mass is 10.1. The largest absolute Gasteiger partial charge is 0.494 e. The van der Waals surface area contributed by atoms with E-state index in [4.69, 9.17) is 10.5 Å². The second-order valence-corrected chi connectivity index (χ2v) is 6.21. The third kappa shape index (κ3) is 4.50. The number of rotatable bonds is 9. The van der Waals surface area contributed by atoms with E-state index >= 15 is 0 Å². The second kappa shape index (κ2) is 9.17. The zero-order valence-corrected chi connectivity index (χ0v) is 15.2. The molecule has 5 heteroatoms. The van der Waals surface area contributed by atoms with Gasteiger partial charge in [0, 0.05) is 32.4 Å². The van der Waals surface area contributed by atoms with Crippen molar-refractivity contribution in [1.29, 1.82) is 0 Å². The van der Waals surface area contributed by atoms with Crippen LogP contribution in [-0.2, 0) is 13.0 Å². The van der Waals surface area contributed by atoms with Crippen molar-refractivity contribution in [3.05, 3.63) is 78.1 Å². The maximum Gasteiger partial charge on any atom is 0.144 e. The molecular weight excluding hydrogens is 324 g/mol. The van der Waals surface area contributed by atoms with Crippen molar-refractivity contribution in [2.24, 2.45) is 5.73 Å². The molecule has 26 heavy (non-hydrogen) atoms. The van der Waals surface area contributed by atoms with E-state index in [0.717, 1.165) is 43.2 Å². The van der Waals surface area contributed by atoms with E-state index in [2.05, 4.69) is 40.3 Å². The van der Waals surface area contributed by atoms with Gasteiger partial charge in [-0.15, -0.1) is 0 Å². The number of nitrogens with two attached hydrogens (primary N) is 1. The van der Waals surface area contributed by atoms with Crippen LogP contribution in [-0.4, -0.2) is 41.4 Å². The van der Waals surface area contributed by atoms with Gasteiger partial charge in [0.15, 0.2) is 0 Å². The fourth-order valence-electron chi connectivity index (χ4n) is 3.09. The summed E-state index contributed by atoms with van der Waals surface area (Å²) >= 11 is 0. The van der Waals surface area contributed by atoms with Crippen molar-refractivity contribution >= 4 is 0 Å². The third-order valence-electron chi connectivity index (χ3n) is 4.42. The Morgan fingerprint density at radius 1 is 1.00 bits per heavy atom. The molecule has 5 nitrogen and oxygen atoms in total. The van der Waals surface area contributed by atoms with Crippen LogP contribution in [0, 0.1) is 0 Å². The lowest BCUT2D eigenvalue weighted by Gasteiger charge is -2.22. The first-order valence-corrected chi connectivity index (χ1v) is 8.94. The van der Waals surface area contributed by atoms with Crippen LogP contribution in [0.2, 0.25) is 0 Å². The number of para-hydroxylation sites is 2. The molecule has 0 unspecified atom stereocenters. The normalized spacial score (nSPS) is 11.0. The molecule has 0 saturated heterocycles. The Morgan fingerprint density at radius 2 is 1.77 bits per heavy atom. The minimum atomic E-state index is 0.636. The smallest absolute Gasteiger partial charge is 0.144 e. The topological polar surface area (TPSA) is 56.3 Å². The van der Waals surface area contributed by atoms with E-state index in [1.807, 2.05) is 41.2 Å². The summed E-state index contributed by atoms with van der Waals surface area (Å²) < 4.78 is 7.44. The molecule has 0 radical (unpaired) electrons. The van der Waals surface area contributed by atoms with E-state index in [9.17, 15) is 0 Å². The quantitative estimate of drug-likeness (QED) is 0.645. The van der Waals surface area contributed by atoms with Gasteiger partial charge in [0.1, 0.15) is 11.4 Å². The van der Waals surface area contributed by atoms with Gasteiger partial charge in [-0.05, 0) is 30.2 Å². The van der Waals surface area contributed by atoms with Crippen molar-refractivity contribution in [3.63, 3.8) is 0 Å². The zero-order valence-electron chi connectivity index (χ0n) is 15.2. The van der Waals surface area contributed by atoms with Crippen LogP contribution in [0.4, 0.5) is 0 Å². The predicted octanol–water partition coefficient (Wildman–Crippen LogP) is 2.88. The SMILES string of the molecule is COc1ccccc1-n1nccc1CN(CCN)CCc1ccccc1. The van der Waals surface area contributed by atoms with E-state index in [0.29, 0.717) is 6.54 Å². The minimum Gasteiger partial charge on any atom is -0.494 e. The Bertz CT molecular complexity index is 801. The van der Waals surface area contributed by atoms with Crippen LogP contribution < -0.4 is 10.5 Å². The van der Waals surface area contributed by atoms with Gasteiger partial charge in [0.2, 0.25) is 0 Å². The first-order chi connectivity index (χ1) is 12.8. The molecule has 0 amide bonds. The summed E-state index contributed by atoms with van der Waals surface area (Å²) in [7, 11) is 1.68. The van der Waals surface area contributed by atoms with Gasteiger partial charge in [-0.2, -0.15) is 5.10 Å². The van der Waals surface area contributed by atoms with E-state index in [1.54, 1.807) is 7.11 Å². The second-order valence-electron chi connectivity index (χ2n) is 6.21. The van der Waals surface area contributed by atoms with Crippen LogP contribution in [0.1, 0.15) is 11.3 Å². The Balaban J connectivity index is 1.75. The number of methoxy groups -OCH3 is 1. The first-order valence-electron chi connectivity index (χ1n) is 8.94. The molecule has 0 fully saturated rings. The summed E-state index contributed by atoms with van der Waals surface area (Å²) in [5.41, 5.74) is 9.25. The predicted molar refractivity (Wildman–Crippen MR) is 105 cm³/mol. The molecule has 0 bridgehead atoms. The van der Waals surface area contributed by atoms with Crippen LogP contribution in [0.3, 0.4) is 0 Å². The van der Waals surface area contributed by atoms with Crippen LogP contribution >= 0.6 is 0 Å². The van der Waals surface area contributed by atoms with Gasteiger partial charge in [-0.25, -0.2) is 4.68 Å². The van der Waals surface area contributed by atoms with Gasteiger partial charge in [-0.1, -0.05) is 42.5 Å². The third-order valence-corrected chi connectivity index (χ3v) is 4.42. The van der Waals surface area contributed by atoms with Crippen LogP contribution in [0.25, 0.3) is 5.69 Å². The summed E-state index contributed by atoms with van der Waals surface area (Å²) in [5.74, 6) is 0.812. The molecule has 1 heterocycles. The average molecular weight is 350 g/mol. The summed E-state index contributed by atoms with van der Waals surface area (Å²) in [6.07, 6.45) is 2.84. The van der Waals surface area contributed by atoms with E-state index in [1.165, 1.54) is 5.56 Å². The molecule has 0 aliphatic carbocycles. The molecule has 136 valence electrons. The van der Waals surface area contributed by atoms with Gasteiger partial charge in [0.25, 0.3) is 0 Å². The molecule has 0 saturated carbocycles. The van der Waals surface area contributed by atoms with Crippen molar-refractivity contribution in [3.8, 4) is 11.4 Å². The lowest BCUT2D eigenvalue weighted by molar-refractivity contribution is 0.270. The molecule has 0 atom stereocenters. The molecule has 0 spiro atoms. The van der Waals surface area contributed by atoms with Crippen molar-refractivity contribution < 1.29 is 4.74 Å². The van der Waals surface area contributed by atoms with Crippen molar-refractivity contribution in [1.82, 2.24) is 14.7 Å². The molecule has 2 aromatic carbocycles. The summed E-state index contributed by atoms with van der Waals surface area (Å²) in [5, 5.41) is 4.51. The summed E-state index contributed by atoms with van der Waals surface area (Å²) in [4.78, 5) is 2.37. The number of nitrogens with zero attached hydrogens (tertiary/aromatic N) is 3. The van der Waals surface area contributed by atoms with Crippen LogP contribution in [0.15, 0.2) is 66.9 Å². The molecule has 2 N–H and O–H groups in total. The number of hydrogen-bond acceptors (Lipinski definition) is 4. The summed E-state index contributed by atoms with van der Waals surface area (Å²) in [6.45, 7) is 3.24. The number of aromatic nitrogens is 2. The van der Waals surface area contributed by atoms with Crippen LogP contribution in [0.5, 0.6) is 5.75 Å². The monoisotopic (exact) mass is 350 g/mol. The zero-order chi connectivity index (χ0) is 18.2. The Morgan fingerprint density at radius 3 is 2.54 bits per heavy atom. The highest BCUT2D eigenvalue weighted by atomic mass is 16.5. The van der Waals surface area contributed by atoms with E-state index in [-0.39, 0.29) is 0 Å². The molecule has 0 aliphatic heterocycles. The first kappa shape index (κ1) is 18.2. The standard InChI is InChI=1S/C21H26N4O/c1-26-21-10-6-5-9-20(21)25-19(11-14-23-25)17-24(16-13-22)15-12-18-7-3-2-4-8-18/h2-11,14H,12-13,15-17,22H2,1H3. The molecule has 0 aliphatic rings. The highest BCUT2D eigenvalue weighted by molar-refractivity contribution is 5.46. The number of ether oxygens (including phenoxy) is 1. The summed E-state index contributed by atoms with van der Waals surface area (Å²) in [6, 6.07) is 20.5. The van der Waals surface area contributed by atoms with Gasteiger partial charge in [0.05, 0.1) is 12.8 Å². The molecular formula is C21H26N4O. The molecule has 3 aromatic rings. The molecule has 1 aromatic heterocycles. The Hall–Kier alpha value is -2.63. The van der Waals surface area contributed by atoms with Gasteiger partial charge in [-0.3, -0.25) is 4.90 Å². The van der Waals surface area contributed by atoms with Gasteiger partial charge < -0.3 is 10.5 Å². The number of hydrogen-bond donors (Lipinski definition) is 1. The maximum atomic E-state index is 5.84. The Kier molecular flexibility index (Phi) is 6.41. The molecule has 3 rings (SSSR count). The fourth-order valence-corrected chi connectivity index (χ4v) is 3.09. The van der Waals surface area contributed by atoms with Crippen molar-refractivity contribution in [2.45, 2.75) is 13.0 Å². The minimum absolute atomic E-state index is 0.636. The van der Waals surface area contributed by atoms with Crippen molar-refractivity contribution in [2.75, 3.05) is 26.7 Å². The maximum absolute atomic E-state index is 5.84. The number of benzene rings is 2. The highest BCUT2D eigenvalue weighted by Crippen LogP contribution is 2.23.